The van der Waals surface area contributed by atoms with Gasteiger partial charge in [0, 0.05) is 12.5 Å². The molecule has 1 unspecified atom stereocenters. The predicted octanol–water partition coefficient (Wildman–Crippen LogP) is 4.63. The molecule has 0 spiro atoms. The maximum Gasteiger partial charge on any atom is 2.00 e. The van der Waals surface area contributed by atoms with Crippen LogP contribution in [-0.4, -0.2) is 17.9 Å². The molecule has 1 aliphatic rings. The molecule has 3 aromatic rings. The van der Waals surface area contributed by atoms with E-state index in [2.05, 4.69) is 22.4 Å². The number of hydrogen-bond acceptors (Lipinski definition) is 2. The van der Waals surface area contributed by atoms with E-state index in [1.54, 1.807) is 7.11 Å². The molecule has 1 heterocycles. The second kappa shape index (κ2) is 10.1. The Morgan fingerprint density at radius 3 is 2.35 bits per heavy atom. The van der Waals surface area contributed by atoms with Gasteiger partial charge in [0.1, 0.15) is 5.75 Å². The maximum atomic E-state index is 5.26. The largest absolute Gasteiger partial charge is 2.00 e. The molecule has 0 aromatic heterocycles. The van der Waals surface area contributed by atoms with Gasteiger partial charge in [-0.1, -0.05) is 0 Å². The predicted molar refractivity (Wildman–Crippen MR) is 107 cm³/mol. The van der Waals surface area contributed by atoms with Crippen molar-refractivity contribution in [1.82, 2.24) is 5.32 Å². The molecule has 1 atom stereocenters. The number of ether oxygens (including phenoxy) is 1. The number of benzene rings is 1. The van der Waals surface area contributed by atoms with Crippen LogP contribution in [0.2, 0.25) is 0 Å². The summed E-state index contributed by atoms with van der Waals surface area (Å²) in [5.41, 5.74) is 3.35. The summed E-state index contributed by atoms with van der Waals surface area (Å²) in [4.78, 5) is 4.46. The van der Waals surface area contributed by atoms with Crippen molar-refractivity contribution in [1.29, 1.82) is 0 Å². The van der Waals surface area contributed by atoms with Crippen molar-refractivity contribution in [2.24, 2.45) is 4.99 Å². The third-order valence-electron chi connectivity index (χ3n) is 4.00. The topological polar surface area (TPSA) is 33.6 Å². The van der Waals surface area contributed by atoms with Crippen molar-refractivity contribution in [2.75, 3.05) is 7.11 Å². The van der Waals surface area contributed by atoms with Gasteiger partial charge in [-0.15, -0.1) is 5.56 Å². The zero-order valence-electron chi connectivity index (χ0n) is 14.4. The monoisotopic (exact) mass is 404 g/mol. The number of methoxy groups -OCH3 is 1. The van der Waals surface area contributed by atoms with Gasteiger partial charge in [-0.25, -0.2) is 29.3 Å². The normalized spacial score (nSPS) is 15.7. The van der Waals surface area contributed by atoms with Gasteiger partial charge in [0.05, 0.1) is 12.8 Å². The Morgan fingerprint density at radius 1 is 1.08 bits per heavy atom. The minimum Gasteiger partial charge on any atom is -0.497 e. The van der Waals surface area contributed by atoms with Crippen molar-refractivity contribution in [3.8, 4) is 5.75 Å². The van der Waals surface area contributed by atoms with Gasteiger partial charge in [0.25, 0.3) is 0 Å². The molecule has 3 nitrogen and oxygen atoms in total. The number of rotatable bonds is 3. The Labute approximate surface area is 170 Å². The Hall–Kier alpha value is -2.20. The first-order chi connectivity index (χ1) is 12.3. The maximum absolute atomic E-state index is 5.26. The minimum absolute atomic E-state index is 0. The third kappa shape index (κ3) is 5.40. The van der Waals surface area contributed by atoms with Gasteiger partial charge in [0.2, 0.25) is 0 Å². The molecule has 0 radical (unpaired) electrons. The molecule has 5 heteroatoms. The molecule has 4 rings (SSSR count). The fraction of sp³-hybridized carbons (Fsp3) is 0.143. The van der Waals surface area contributed by atoms with E-state index in [-0.39, 0.29) is 23.1 Å². The molecular weight excluding hydrogens is 384 g/mol. The second-order valence-electron chi connectivity index (χ2n) is 5.67. The molecule has 3 aromatic carbocycles. The van der Waals surface area contributed by atoms with Crippen LogP contribution in [0.4, 0.5) is 0 Å². The summed E-state index contributed by atoms with van der Waals surface area (Å²) in [6, 6.07) is 26.4. The van der Waals surface area contributed by atoms with E-state index in [9.17, 15) is 0 Å². The van der Waals surface area contributed by atoms with Crippen LogP contribution in [0.15, 0.2) is 83.9 Å². The minimum atomic E-state index is 0. The number of hydrogen-bond donors (Lipinski definition) is 1. The average molecular weight is 404 g/mol. The zero-order valence-corrected chi connectivity index (χ0v) is 16.3. The van der Waals surface area contributed by atoms with Gasteiger partial charge in [-0.2, -0.15) is 30.3 Å². The van der Waals surface area contributed by atoms with Gasteiger partial charge in [0.15, 0.2) is 5.11 Å². The smallest absolute Gasteiger partial charge is 0.497 e. The third-order valence-corrected chi connectivity index (χ3v) is 4.21. The standard InChI is InChI=1S/C16H15N2OS.C5H5.Fe/c1-19-13-8-6-12(7-9-13)15-10-14(17-16(20)18-15)11-4-2-3-5-11;1-2-4-5-3-1;/h2-9,14H,10H2,1H3,(H,17,20);1-5H;/q2*-1;+2. The molecule has 26 heavy (non-hydrogen) atoms. The summed E-state index contributed by atoms with van der Waals surface area (Å²) in [6.45, 7) is 0. The molecule has 0 fully saturated rings. The Kier molecular flexibility index (Phi) is 7.79. The van der Waals surface area contributed by atoms with Crippen LogP contribution in [0.5, 0.6) is 5.75 Å². The van der Waals surface area contributed by atoms with Crippen LogP contribution in [0, 0.1) is 0 Å². The van der Waals surface area contributed by atoms with Crippen LogP contribution in [0.1, 0.15) is 23.6 Å². The van der Waals surface area contributed by atoms with Crippen molar-refractivity contribution in [3.05, 3.63) is 90.0 Å². The summed E-state index contributed by atoms with van der Waals surface area (Å²) in [6.07, 6.45) is 0.830. The van der Waals surface area contributed by atoms with Crippen molar-refractivity contribution in [2.45, 2.75) is 12.5 Å². The van der Waals surface area contributed by atoms with E-state index >= 15 is 0 Å². The molecule has 1 N–H and O–H groups in total. The summed E-state index contributed by atoms with van der Waals surface area (Å²) in [5.74, 6) is 0.846. The quantitative estimate of drug-likeness (QED) is 0.393. The summed E-state index contributed by atoms with van der Waals surface area (Å²) >= 11 is 5.26. The first-order valence-electron chi connectivity index (χ1n) is 8.17. The first kappa shape index (κ1) is 20.1. The van der Waals surface area contributed by atoms with Crippen LogP contribution in [-0.2, 0) is 17.1 Å². The summed E-state index contributed by atoms with van der Waals surface area (Å²) < 4.78 is 5.18. The number of nitrogens with one attached hydrogen (secondary N) is 1. The van der Waals surface area contributed by atoms with E-state index in [0.29, 0.717) is 5.11 Å². The average Bonchev–Trinajstić information content (AvgIpc) is 3.37. The molecule has 0 aliphatic carbocycles. The molecule has 0 bridgehead atoms. The van der Waals surface area contributed by atoms with Crippen molar-refractivity contribution >= 4 is 23.0 Å². The van der Waals surface area contributed by atoms with Crippen LogP contribution in [0.3, 0.4) is 0 Å². The molecule has 0 saturated carbocycles. The van der Waals surface area contributed by atoms with Crippen LogP contribution in [0.25, 0.3) is 0 Å². The zero-order chi connectivity index (χ0) is 17.5. The number of thiocarbonyl (C=S) groups is 1. The van der Waals surface area contributed by atoms with E-state index in [1.165, 1.54) is 5.56 Å². The van der Waals surface area contributed by atoms with E-state index in [1.807, 2.05) is 66.7 Å². The summed E-state index contributed by atoms with van der Waals surface area (Å²) in [7, 11) is 1.66. The van der Waals surface area contributed by atoms with Crippen molar-refractivity contribution < 1.29 is 21.8 Å². The Balaban J connectivity index is 0.000000351. The molecule has 0 saturated heterocycles. The van der Waals surface area contributed by atoms with Crippen LogP contribution >= 0.6 is 12.2 Å². The Bertz CT molecular complexity index is 791. The Morgan fingerprint density at radius 2 is 1.81 bits per heavy atom. The number of nitrogens with zero attached hydrogens (tertiary/aromatic N) is 1. The van der Waals surface area contributed by atoms with E-state index in [0.717, 1.165) is 23.4 Å². The van der Waals surface area contributed by atoms with E-state index in [4.69, 9.17) is 17.0 Å². The van der Waals surface area contributed by atoms with Gasteiger partial charge < -0.3 is 10.1 Å². The molecule has 134 valence electrons. The molecule has 1 aliphatic heterocycles. The van der Waals surface area contributed by atoms with E-state index < -0.39 is 0 Å². The number of aliphatic imine (C=N–C) groups is 1. The molecule has 0 amide bonds. The van der Waals surface area contributed by atoms with Gasteiger partial charge in [-0.05, 0) is 42.0 Å². The van der Waals surface area contributed by atoms with Crippen LogP contribution < -0.4 is 10.1 Å². The second-order valence-corrected chi connectivity index (χ2v) is 6.06. The molecular formula is C21H20FeN2OS. The SMILES string of the molecule is COc1ccc(C2=NC(=S)NC(c3ccc[cH-]3)C2)cc1.[Fe+2].c1cc[cH-]c1. The van der Waals surface area contributed by atoms with Gasteiger partial charge in [-0.3, -0.25) is 0 Å². The van der Waals surface area contributed by atoms with Gasteiger partial charge >= 0.3 is 17.1 Å². The fourth-order valence-electron chi connectivity index (χ4n) is 2.70. The first-order valence-corrected chi connectivity index (χ1v) is 8.58. The fourth-order valence-corrected chi connectivity index (χ4v) is 2.96. The summed E-state index contributed by atoms with van der Waals surface area (Å²) in [5, 5.41) is 3.81. The van der Waals surface area contributed by atoms with Crippen molar-refractivity contribution in [3.63, 3.8) is 0 Å².